The van der Waals surface area contributed by atoms with Crippen LogP contribution in [0.3, 0.4) is 0 Å². The van der Waals surface area contributed by atoms with E-state index in [1.807, 2.05) is 0 Å². The summed E-state index contributed by atoms with van der Waals surface area (Å²) in [6.07, 6.45) is 5.16. The van der Waals surface area contributed by atoms with E-state index < -0.39 is 12.0 Å². The molecule has 7 heteroatoms. The molecule has 3 rings (SSSR count). The molecule has 2 aromatic rings. The molecule has 0 aromatic carbocycles. The SMILES string of the molecule is FC1(F)CNCCC1Oc1nccnc1-c1ccncc1. The first-order valence-corrected chi connectivity index (χ1v) is 6.63. The van der Waals surface area contributed by atoms with Crippen molar-refractivity contribution in [2.45, 2.75) is 18.4 Å². The Kier molecular flexibility index (Phi) is 3.74. The standard InChI is InChI=1S/C14H14F2N4O/c15-14(16)9-18-6-3-11(14)21-13-12(19-7-8-20-13)10-1-4-17-5-2-10/h1-2,4-5,7-8,11,18H,3,6,9H2. The van der Waals surface area contributed by atoms with Gasteiger partial charge in [0.25, 0.3) is 5.92 Å². The minimum absolute atomic E-state index is 0.121. The molecule has 0 bridgehead atoms. The lowest BCUT2D eigenvalue weighted by Gasteiger charge is -2.31. The maximum absolute atomic E-state index is 13.8. The van der Waals surface area contributed by atoms with Crippen molar-refractivity contribution in [2.24, 2.45) is 0 Å². The number of halogens is 2. The molecule has 1 unspecified atom stereocenters. The molecule has 0 saturated carbocycles. The highest BCUT2D eigenvalue weighted by molar-refractivity contribution is 5.63. The number of piperidine rings is 1. The number of ether oxygens (including phenoxy) is 1. The summed E-state index contributed by atoms with van der Waals surface area (Å²) >= 11 is 0. The van der Waals surface area contributed by atoms with Crippen LogP contribution in [0.5, 0.6) is 5.88 Å². The predicted molar refractivity (Wildman–Crippen MR) is 72.1 cm³/mol. The summed E-state index contributed by atoms with van der Waals surface area (Å²) < 4.78 is 33.2. The highest BCUT2D eigenvalue weighted by Crippen LogP contribution is 2.31. The van der Waals surface area contributed by atoms with E-state index in [0.29, 0.717) is 12.2 Å². The van der Waals surface area contributed by atoms with Crippen LogP contribution in [0.2, 0.25) is 0 Å². The maximum Gasteiger partial charge on any atom is 0.296 e. The van der Waals surface area contributed by atoms with Crippen molar-refractivity contribution in [3.8, 4) is 17.1 Å². The Morgan fingerprint density at radius 3 is 2.67 bits per heavy atom. The predicted octanol–water partition coefficient (Wildman–Crippen LogP) is 1.91. The molecule has 110 valence electrons. The van der Waals surface area contributed by atoms with Crippen molar-refractivity contribution in [1.82, 2.24) is 20.3 Å². The molecule has 1 saturated heterocycles. The summed E-state index contributed by atoms with van der Waals surface area (Å²) in [4.78, 5) is 12.2. The maximum atomic E-state index is 13.8. The van der Waals surface area contributed by atoms with Gasteiger partial charge in [-0.3, -0.25) is 4.98 Å². The van der Waals surface area contributed by atoms with Crippen LogP contribution in [-0.4, -0.2) is 40.1 Å². The van der Waals surface area contributed by atoms with Crippen molar-refractivity contribution in [1.29, 1.82) is 0 Å². The van der Waals surface area contributed by atoms with Crippen molar-refractivity contribution < 1.29 is 13.5 Å². The highest BCUT2D eigenvalue weighted by Gasteiger charge is 2.44. The van der Waals surface area contributed by atoms with Gasteiger partial charge in [-0.2, -0.15) is 0 Å². The van der Waals surface area contributed by atoms with E-state index in [1.165, 1.54) is 12.4 Å². The number of nitrogens with zero attached hydrogens (tertiary/aromatic N) is 3. The average molecular weight is 292 g/mol. The number of hydrogen-bond donors (Lipinski definition) is 1. The molecule has 1 fully saturated rings. The molecule has 1 atom stereocenters. The molecule has 0 radical (unpaired) electrons. The number of rotatable bonds is 3. The van der Waals surface area contributed by atoms with E-state index in [9.17, 15) is 8.78 Å². The van der Waals surface area contributed by atoms with Gasteiger partial charge in [-0.25, -0.2) is 18.7 Å². The fourth-order valence-corrected chi connectivity index (χ4v) is 2.21. The van der Waals surface area contributed by atoms with Gasteiger partial charge in [0, 0.05) is 36.8 Å². The third-order valence-corrected chi connectivity index (χ3v) is 3.29. The lowest BCUT2D eigenvalue weighted by Crippen LogP contribution is -2.52. The summed E-state index contributed by atoms with van der Waals surface area (Å²) in [5, 5.41) is 2.66. The second-order valence-electron chi connectivity index (χ2n) is 4.78. The van der Waals surface area contributed by atoms with Crippen LogP contribution in [0.15, 0.2) is 36.9 Å². The van der Waals surface area contributed by atoms with Crippen LogP contribution in [-0.2, 0) is 0 Å². The first-order valence-electron chi connectivity index (χ1n) is 6.63. The minimum Gasteiger partial charge on any atom is -0.466 e. The molecule has 1 aliphatic rings. The Balaban J connectivity index is 1.89. The van der Waals surface area contributed by atoms with Crippen molar-refractivity contribution in [3.05, 3.63) is 36.9 Å². The number of hydrogen-bond acceptors (Lipinski definition) is 5. The van der Waals surface area contributed by atoms with Gasteiger partial charge < -0.3 is 10.1 Å². The molecule has 5 nitrogen and oxygen atoms in total. The lowest BCUT2D eigenvalue weighted by atomic mass is 10.1. The van der Waals surface area contributed by atoms with Crippen LogP contribution in [0.4, 0.5) is 8.78 Å². The Bertz CT molecular complexity index is 609. The van der Waals surface area contributed by atoms with Crippen LogP contribution in [0, 0.1) is 0 Å². The molecular formula is C14H14F2N4O. The Hall–Kier alpha value is -2.15. The fraction of sp³-hybridized carbons (Fsp3) is 0.357. The molecule has 1 N–H and O–H groups in total. The summed E-state index contributed by atoms with van der Waals surface area (Å²) in [5.41, 5.74) is 1.17. The Labute approximate surface area is 120 Å². The van der Waals surface area contributed by atoms with Gasteiger partial charge in [0.2, 0.25) is 5.88 Å². The van der Waals surface area contributed by atoms with Crippen LogP contribution >= 0.6 is 0 Å². The van der Waals surface area contributed by atoms with E-state index >= 15 is 0 Å². The van der Waals surface area contributed by atoms with Crippen LogP contribution in [0.25, 0.3) is 11.3 Å². The molecule has 0 spiro atoms. The average Bonchev–Trinajstić information content (AvgIpc) is 2.51. The van der Waals surface area contributed by atoms with Gasteiger partial charge in [-0.15, -0.1) is 0 Å². The normalized spacial score (nSPS) is 21.0. The van der Waals surface area contributed by atoms with Gasteiger partial charge in [0.05, 0.1) is 6.54 Å². The fourth-order valence-electron chi connectivity index (χ4n) is 2.21. The summed E-state index contributed by atoms with van der Waals surface area (Å²) in [7, 11) is 0. The number of aromatic nitrogens is 3. The zero-order chi connectivity index (χ0) is 14.7. The van der Waals surface area contributed by atoms with E-state index in [0.717, 1.165) is 5.56 Å². The second kappa shape index (κ2) is 5.69. The third kappa shape index (κ3) is 2.97. The number of alkyl halides is 2. The van der Waals surface area contributed by atoms with Gasteiger partial charge in [-0.05, 0) is 18.7 Å². The van der Waals surface area contributed by atoms with E-state index in [2.05, 4.69) is 20.3 Å². The third-order valence-electron chi connectivity index (χ3n) is 3.29. The molecule has 0 amide bonds. The van der Waals surface area contributed by atoms with Gasteiger partial charge in [0.15, 0.2) is 6.10 Å². The molecule has 0 aliphatic carbocycles. The number of pyridine rings is 1. The summed E-state index contributed by atoms with van der Waals surface area (Å²) in [6.45, 7) is 0.105. The molecule has 3 heterocycles. The zero-order valence-electron chi connectivity index (χ0n) is 11.2. The monoisotopic (exact) mass is 292 g/mol. The van der Waals surface area contributed by atoms with E-state index in [1.54, 1.807) is 24.5 Å². The highest BCUT2D eigenvalue weighted by atomic mass is 19.3. The Morgan fingerprint density at radius 1 is 1.14 bits per heavy atom. The van der Waals surface area contributed by atoms with Crippen molar-refractivity contribution in [3.63, 3.8) is 0 Å². The second-order valence-corrected chi connectivity index (χ2v) is 4.78. The molecule has 1 aliphatic heterocycles. The van der Waals surface area contributed by atoms with E-state index in [-0.39, 0.29) is 18.8 Å². The lowest BCUT2D eigenvalue weighted by molar-refractivity contribution is -0.110. The van der Waals surface area contributed by atoms with Gasteiger partial charge in [-0.1, -0.05) is 0 Å². The smallest absolute Gasteiger partial charge is 0.296 e. The van der Waals surface area contributed by atoms with Crippen molar-refractivity contribution >= 4 is 0 Å². The first-order chi connectivity index (χ1) is 10.2. The summed E-state index contributed by atoms with van der Waals surface area (Å²) in [6, 6.07) is 3.47. The van der Waals surface area contributed by atoms with Crippen molar-refractivity contribution in [2.75, 3.05) is 13.1 Å². The first kappa shape index (κ1) is 13.8. The number of nitrogens with one attached hydrogen (secondary N) is 1. The minimum atomic E-state index is -2.93. The largest absolute Gasteiger partial charge is 0.466 e. The molecule has 21 heavy (non-hydrogen) atoms. The summed E-state index contributed by atoms with van der Waals surface area (Å²) in [5.74, 6) is -2.80. The zero-order valence-corrected chi connectivity index (χ0v) is 11.2. The topological polar surface area (TPSA) is 59.9 Å². The quantitative estimate of drug-likeness (QED) is 0.936. The van der Waals surface area contributed by atoms with E-state index in [4.69, 9.17) is 4.74 Å². The molecular weight excluding hydrogens is 278 g/mol. The molecule has 2 aromatic heterocycles. The van der Waals surface area contributed by atoms with Gasteiger partial charge in [0.1, 0.15) is 5.69 Å². The Morgan fingerprint density at radius 2 is 1.90 bits per heavy atom. The van der Waals surface area contributed by atoms with Crippen LogP contribution < -0.4 is 10.1 Å². The van der Waals surface area contributed by atoms with Gasteiger partial charge >= 0.3 is 0 Å². The van der Waals surface area contributed by atoms with Crippen LogP contribution in [0.1, 0.15) is 6.42 Å².